The first-order chi connectivity index (χ1) is 6.02. The molecule has 1 aromatic rings. The fourth-order valence-corrected chi connectivity index (χ4v) is 1.97. The Bertz CT molecular complexity index is 306. The number of likely N-dealkylation sites (N-methyl/N-ethyl adjacent to an activating group) is 1. The quantitative estimate of drug-likeness (QED) is 0.740. The van der Waals surface area contributed by atoms with E-state index in [-0.39, 0.29) is 11.8 Å². The number of thiazole rings is 1. The number of carbonyl (C=O) groups is 1. The third-order valence-corrected chi connectivity index (χ3v) is 2.61. The number of nitrogens with zero attached hydrogens (tertiary/aromatic N) is 2. The van der Waals surface area contributed by atoms with E-state index in [1.807, 2.05) is 31.3 Å². The summed E-state index contributed by atoms with van der Waals surface area (Å²) >= 11 is 1.58. The molecule has 0 N–H and O–H groups in total. The molecule has 0 fully saturated rings. The fourth-order valence-electron chi connectivity index (χ4n) is 1.34. The minimum absolute atomic E-state index is 0.135. The molecule has 4 heteroatoms. The van der Waals surface area contributed by atoms with Gasteiger partial charge in [-0.2, -0.15) is 0 Å². The van der Waals surface area contributed by atoms with Gasteiger partial charge in [-0.05, 0) is 27.9 Å². The first-order valence-corrected chi connectivity index (χ1v) is 4.99. The molecule has 1 atom stereocenters. The zero-order valence-corrected chi connectivity index (χ0v) is 9.18. The molecule has 72 valence electrons. The van der Waals surface area contributed by atoms with Crippen molar-refractivity contribution >= 4 is 17.1 Å². The van der Waals surface area contributed by atoms with Crippen molar-refractivity contribution in [3.8, 4) is 0 Å². The normalized spacial score (nSPS) is 13.3. The van der Waals surface area contributed by atoms with Gasteiger partial charge in [-0.1, -0.05) is 0 Å². The molecule has 0 saturated carbocycles. The van der Waals surface area contributed by atoms with Crippen molar-refractivity contribution in [2.24, 2.45) is 0 Å². The third-order valence-electron chi connectivity index (χ3n) is 1.82. The van der Waals surface area contributed by atoms with Crippen LogP contribution in [0.15, 0.2) is 5.38 Å². The Balaban J connectivity index is 2.95. The van der Waals surface area contributed by atoms with E-state index in [4.69, 9.17) is 0 Å². The average molecular weight is 198 g/mol. The summed E-state index contributed by atoms with van der Waals surface area (Å²) in [4.78, 5) is 17.5. The summed E-state index contributed by atoms with van der Waals surface area (Å²) in [7, 11) is 3.78. The molecule has 0 aliphatic heterocycles. The van der Waals surface area contributed by atoms with Gasteiger partial charge in [-0.15, -0.1) is 11.3 Å². The number of aryl methyl sites for hydroxylation is 1. The average Bonchev–Trinajstić information content (AvgIpc) is 2.34. The first kappa shape index (κ1) is 10.3. The van der Waals surface area contributed by atoms with Crippen molar-refractivity contribution in [1.82, 2.24) is 9.88 Å². The molecule has 1 unspecified atom stereocenters. The molecule has 13 heavy (non-hydrogen) atoms. The maximum atomic E-state index is 11.3. The van der Waals surface area contributed by atoms with Crippen LogP contribution in [0.3, 0.4) is 0 Å². The summed E-state index contributed by atoms with van der Waals surface area (Å²) < 4.78 is 0. The highest BCUT2D eigenvalue weighted by atomic mass is 32.1. The lowest BCUT2D eigenvalue weighted by molar-refractivity contribution is -0.121. The molecule has 3 nitrogen and oxygen atoms in total. The highest BCUT2D eigenvalue weighted by molar-refractivity contribution is 7.09. The Morgan fingerprint density at radius 2 is 2.23 bits per heavy atom. The molecule has 1 rings (SSSR count). The third kappa shape index (κ3) is 2.35. The van der Waals surface area contributed by atoms with Gasteiger partial charge in [0.05, 0.1) is 10.7 Å². The number of aromatic nitrogens is 1. The molecular formula is C9H14N2OS. The summed E-state index contributed by atoms with van der Waals surface area (Å²) in [5.41, 5.74) is 0.861. The van der Waals surface area contributed by atoms with E-state index in [0.717, 1.165) is 10.7 Å². The number of hydrogen-bond donors (Lipinski definition) is 0. The standard InChI is InChI=1S/C9H14N2OS/c1-6(12)9(11(3)4)8-5-13-7(2)10-8/h5,9H,1-4H3. The van der Waals surface area contributed by atoms with E-state index >= 15 is 0 Å². The molecule has 0 bridgehead atoms. The van der Waals surface area contributed by atoms with E-state index in [9.17, 15) is 4.79 Å². The second kappa shape index (κ2) is 3.98. The second-order valence-electron chi connectivity index (χ2n) is 3.27. The second-order valence-corrected chi connectivity index (χ2v) is 4.33. The van der Waals surface area contributed by atoms with E-state index in [1.54, 1.807) is 18.3 Å². The van der Waals surface area contributed by atoms with Crippen LogP contribution in [0.4, 0.5) is 0 Å². The Kier molecular flexibility index (Phi) is 3.17. The first-order valence-electron chi connectivity index (χ1n) is 4.11. The van der Waals surface area contributed by atoms with Gasteiger partial charge in [-0.25, -0.2) is 4.98 Å². The predicted molar refractivity (Wildman–Crippen MR) is 54.0 cm³/mol. The van der Waals surface area contributed by atoms with Gasteiger partial charge in [-0.3, -0.25) is 9.69 Å². The van der Waals surface area contributed by atoms with E-state index < -0.39 is 0 Å². The lowest BCUT2D eigenvalue weighted by Crippen LogP contribution is -2.26. The van der Waals surface area contributed by atoms with Crippen LogP contribution in [0.5, 0.6) is 0 Å². The molecule has 0 saturated heterocycles. The van der Waals surface area contributed by atoms with Crippen LogP contribution in [0.1, 0.15) is 23.7 Å². The summed E-state index contributed by atoms with van der Waals surface area (Å²) in [6.45, 7) is 3.54. The molecule has 0 spiro atoms. The molecule has 1 aromatic heterocycles. The van der Waals surface area contributed by atoms with Crippen LogP contribution >= 0.6 is 11.3 Å². The maximum Gasteiger partial charge on any atom is 0.153 e. The minimum atomic E-state index is -0.190. The zero-order valence-electron chi connectivity index (χ0n) is 8.37. The smallest absolute Gasteiger partial charge is 0.153 e. The Morgan fingerprint density at radius 1 is 1.62 bits per heavy atom. The van der Waals surface area contributed by atoms with Crippen molar-refractivity contribution in [3.63, 3.8) is 0 Å². The van der Waals surface area contributed by atoms with Crippen molar-refractivity contribution < 1.29 is 4.79 Å². The van der Waals surface area contributed by atoms with Crippen LogP contribution < -0.4 is 0 Å². The van der Waals surface area contributed by atoms with E-state index in [1.165, 1.54) is 0 Å². The summed E-state index contributed by atoms with van der Waals surface area (Å²) in [6, 6.07) is -0.190. The summed E-state index contributed by atoms with van der Waals surface area (Å²) in [5, 5.41) is 2.95. The van der Waals surface area contributed by atoms with Gasteiger partial charge in [0.1, 0.15) is 6.04 Å². The fraction of sp³-hybridized carbons (Fsp3) is 0.556. The van der Waals surface area contributed by atoms with E-state index in [2.05, 4.69) is 4.98 Å². The highest BCUT2D eigenvalue weighted by Crippen LogP contribution is 2.20. The number of ketones is 1. The molecular weight excluding hydrogens is 184 g/mol. The number of rotatable bonds is 3. The van der Waals surface area contributed by atoms with Crippen LogP contribution in [-0.2, 0) is 4.79 Å². The van der Waals surface area contributed by atoms with Gasteiger partial charge in [0.2, 0.25) is 0 Å². The van der Waals surface area contributed by atoms with Gasteiger partial charge >= 0.3 is 0 Å². The van der Waals surface area contributed by atoms with Crippen molar-refractivity contribution in [2.45, 2.75) is 19.9 Å². The monoisotopic (exact) mass is 198 g/mol. The van der Waals surface area contributed by atoms with Crippen molar-refractivity contribution in [3.05, 3.63) is 16.1 Å². The van der Waals surface area contributed by atoms with Gasteiger partial charge in [0.25, 0.3) is 0 Å². The van der Waals surface area contributed by atoms with Crippen molar-refractivity contribution in [1.29, 1.82) is 0 Å². The zero-order chi connectivity index (χ0) is 10.0. The Labute approximate surface area is 82.4 Å². The lowest BCUT2D eigenvalue weighted by atomic mass is 10.1. The maximum absolute atomic E-state index is 11.3. The molecule has 0 aliphatic carbocycles. The minimum Gasteiger partial charge on any atom is -0.298 e. The predicted octanol–water partition coefficient (Wildman–Crippen LogP) is 1.64. The SMILES string of the molecule is CC(=O)C(c1csc(C)n1)N(C)C. The topological polar surface area (TPSA) is 33.2 Å². The molecule has 0 amide bonds. The summed E-state index contributed by atoms with van der Waals surface area (Å²) in [6.07, 6.45) is 0. The van der Waals surface area contributed by atoms with Crippen molar-refractivity contribution in [2.75, 3.05) is 14.1 Å². The van der Waals surface area contributed by atoms with E-state index in [0.29, 0.717) is 0 Å². The van der Waals surface area contributed by atoms with Gasteiger partial charge in [0, 0.05) is 5.38 Å². The molecule has 0 aliphatic rings. The Morgan fingerprint density at radius 3 is 2.54 bits per heavy atom. The Hall–Kier alpha value is -0.740. The van der Waals surface area contributed by atoms with Crippen LogP contribution in [-0.4, -0.2) is 29.8 Å². The number of Topliss-reactive ketones (excluding diaryl/α,β-unsaturated/α-hetero) is 1. The molecule has 0 radical (unpaired) electrons. The highest BCUT2D eigenvalue weighted by Gasteiger charge is 2.21. The van der Waals surface area contributed by atoms with Crippen LogP contribution in [0.2, 0.25) is 0 Å². The van der Waals surface area contributed by atoms with Gasteiger partial charge < -0.3 is 0 Å². The lowest BCUT2D eigenvalue weighted by Gasteiger charge is -2.19. The van der Waals surface area contributed by atoms with Crippen LogP contribution in [0, 0.1) is 6.92 Å². The van der Waals surface area contributed by atoms with Crippen LogP contribution in [0.25, 0.3) is 0 Å². The largest absolute Gasteiger partial charge is 0.298 e. The van der Waals surface area contributed by atoms with Gasteiger partial charge in [0.15, 0.2) is 5.78 Å². The number of hydrogen-bond acceptors (Lipinski definition) is 4. The number of carbonyl (C=O) groups excluding carboxylic acids is 1. The molecule has 1 heterocycles. The molecule has 0 aromatic carbocycles. The summed E-state index contributed by atoms with van der Waals surface area (Å²) in [5.74, 6) is 0.135.